The van der Waals surface area contributed by atoms with Crippen LogP contribution >= 0.6 is 0 Å². The Morgan fingerprint density at radius 2 is 2.23 bits per heavy atom. The Labute approximate surface area is 75.0 Å². The van der Waals surface area contributed by atoms with Gasteiger partial charge in [0.25, 0.3) is 5.78 Å². The quantitative estimate of drug-likeness (QED) is 0.545. The normalized spacial score (nSPS) is 10.0. The van der Waals surface area contributed by atoms with Crippen molar-refractivity contribution in [1.29, 1.82) is 0 Å². The molecule has 0 aromatic carbocycles. The third kappa shape index (κ3) is 1.58. The van der Waals surface area contributed by atoms with Crippen LogP contribution in [0.15, 0.2) is 6.20 Å². The predicted octanol–water partition coefficient (Wildman–Crippen LogP) is 0.479. The summed E-state index contributed by atoms with van der Waals surface area (Å²) >= 11 is 0. The third-order valence-corrected chi connectivity index (χ3v) is 1.84. The van der Waals surface area contributed by atoms with Gasteiger partial charge in [0.15, 0.2) is 0 Å². The molecular formula is C8H10N2O3. The van der Waals surface area contributed by atoms with Gasteiger partial charge in [-0.05, 0) is 13.8 Å². The molecule has 1 aromatic heterocycles. The molecule has 0 spiro atoms. The Balaban J connectivity index is 3.09. The summed E-state index contributed by atoms with van der Waals surface area (Å²) in [7, 11) is 0. The lowest BCUT2D eigenvalue weighted by Gasteiger charge is -1.98. The van der Waals surface area contributed by atoms with E-state index in [9.17, 15) is 9.59 Å². The number of rotatable bonds is 3. The Kier molecular flexibility index (Phi) is 2.46. The van der Waals surface area contributed by atoms with Crippen molar-refractivity contribution in [2.45, 2.75) is 20.4 Å². The highest BCUT2D eigenvalue weighted by Crippen LogP contribution is 2.07. The minimum absolute atomic E-state index is 0.161. The average Bonchev–Trinajstić information content (AvgIpc) is 2.45. The van der Waals surface area contributed by atoms with Gasteiger partial charge in [-0.2, -0.15) is 5.10 Å². The zero-order valence-corrected chi connectivity index (χ0v) is 7.44. The molecule has 0 radical (unpaired) electrons. The van der Waals surface area contributed by atoms with Crippen LogP contribution in [0.1, 0.15) is 23.0 Å². The summed E-state index contributed by atoms with van der Waals surface area (Å²) in [6.45, 7) is 4.17. The molecule has 1 aromatic rings. The van der Waals surface area contributed by atoms with Gasteiger partial charge in [-0.3, -0.25) is 9.48 Å². The fourth-order valence-electron chi connectivity index (χ4n) is 1.10. The highest BCUT2D eigenvalue weighted by molar-refractivity contribution is 6.40. The molecule has 0 atom stereocenters. The van der Waals surface area contributed by atoms with Crippen molar-refractivity contribution in [3.8, 4) is 0 Å². The molecule has 0 unspecified atom stereocenters. The summed E-state index contributed by atoms with van der Waals surface area (Å²) in [5, 5.41) is 12.3. The highest BCUT2D eigenvalue weighted by Gasteiger charge is 2.19. The lowest BCUT2D eigenvalue weighted by atomic mass is 10.2. The Morgan fingerprint density at radius 3 is 2.62 bits per heavy atom. The van der Waals surface area contributed by atoms with Crippen LogP contribution in [0.5, 0.6) is 0 Å². The molecule has 5 heteroatoms. The molecule has 0 aliphatic carbocycles. The second-order valence-corrected chi connectivity index (χ2v) is 2.59. The molecule has 0 saturated carbocycles. The Morgan fingerprint density at radius 1 is 1.62 bits per heavy atom. The summed E-state index contributed by atoms with van der Waals surface area (Å²) in [4.78, 5) is 21.4. The van der Waals surface area contributed by atoms with E-state index in [1.807, 2.05) is 6.92 Å². The smallest absolute Gasteiger partial charge is 0.377 e. The fraction of sp³-hybridized carbons (Fsp3) is 0.375. The number of aliphatic carboxylic acids is 1. The number of hydrogen-bond acceptors (Lipinski definition) is 3. The van der Waals surface area contributed by atoms with Gasteiger partial charge in [0, 0.05) is 12.2 Å². The molecule has 13 heavy (non-hydrogen) atoms. The van der Waals surface area contributed by atoms with Gasteiger partial charge in [0.2, 0.25) is 0 Å². The van der Waals surface area contributed by atoms with Gasteiger partial charge >= 0.3 is 5.97 Å². The maximum absolute atomic E-state index is 11.0. The van der Waals surface area contributed by atoms with E-state index in [1.54, 1.807) is 11.6 Å². The summed E-state index contributed by atoms with van der Waals surface area (Å²) in [6, 6.07) is 0. The van der Waals surface area contributed by atoms with E-state index >= 15 is 0 Å². The summed E-state index contributed by atoms with van der Waals surface area (Å²) < 4.78 is 1.58. The maximum Gasteiger partial charge on any atom is 0.377 e. The molecule has 1 rings (SSSR count). The van der Waals surface area contributed by atoms with Crippen LogP contribution in [-0.4, -0.2) is 26.6 Å². The minimum atomic E-state index is -1.45. The molecule has 0 saturated heterocycles. The van der Waals surface area contributed by atoms with E-state index in [0.29, 0.717) is 12.2 Å². The standard InChI is InChI=1S/C8H10N2O3/c1-3-10-5(2)6(4-9-10)7(11)8(12)13/h4H,3H2,1-2H3,(H,12,13). The van der Waals surface area contributed by atoms with Crippen LogP contribution in [-0.2, 0) is 11.3 Å². The first kappa shape index (κ1) is 9.44. The molecular weight excluding hydrogens is 172 g/mol. The van der Waals surface area contributed by atoms with E-state index in [-0.39, 0.29) is 5.56 Å². The number of ketones is 1. The van der Waals surface area contributed by atoms with Crippen LogP contribution in [0.3, 0.4) is 0 Å². The van der Waals surface area contributed by atoms with Gasteiger partial charge in [0.05, 0.1) is 11.8 Å². The van der Waals surface area contributed by atoms with E-state index in [2.05, 4.69) is 5.10 Å². The first-order chi connectivity index (χ1) is 6.07. The average molecular weight is 182 g/mol. The predicted molar refractivity (Wildman–Crippen MR) is 44.6 cm³/mol. The fourth-order valence-corrected chi connectivity index (χ4v) is 1.10. The molecule has 70 valence electrons. The molecule has 0 aliphatic heterocycles. The van der Waals surface area contributed by atoms with Gasteiger partial charge in [0.1, 0.15) is 0 Å². The number of carboxylic acid groups (broad SMARTS) is 1. The second-order valence-electron chi connectivity index (χ2n) is 2.59. The van der Waals surface area contributed by atoms with Gasteiger partial charge in [-0.15, -0.1) is 0 Å². The molecule has 0 bridgehead atoms. The monoisotopic (exact) mass is 182 g/mol. The number of Topliss-reactive ketones (excluding diaryl/α,β-unsaturated/α-hetero) is 1. The van der Waals surface area contributed by atoms with Gasteiger partial charge in [-0.1, -0.05) is 0 Å². The largest absolute Gasteiger partial charge is 0.475 e. The molecule has 5 nitrogen and oxygen atoms in total. The first-order valence-corrected chi connectivity index (χ1v) is 3.88. The van der Waals surface area contributed by atoms with Gasteiger partial charge in [-0.25, -0.2) is 4.79 Å². The number of carbonyl (C=O) groups excluding carboxylic acids is 1. The van der Waals surface area contributed by atoms with E-state index < -0.39 is 11.8 Å². The van der Waals surface area contributed by atoms with Crippen molar-refractivity contribution in [2.75, 3.05) is 0 Å². The van der Waals surface area contributed by atoms with Crippen LogP contribution in [0.4, 0.5) is 0 Å². The van der Waals surface area contributed by atoms with E-state index in [4.69, 9.17) is 5.11 Å². The van der Waals surface area contributed by atoms with Crippen LogP contribution < -0.4 is 0 Å². The van der Waals surface area contributed by atoms with Crippen molar-refractivity contribution < 1.29 is 14.7 Å². The van der Waals surface area contributed by atoms with Crippen LogP contribution in [0, 0.1) is 6.92 Å². The lowest BCUT2D eigenvalue weighted by molar-refractivity contribution is -0.131. The topological polar surface area (TPSA) is 72.2 Å². The third-order valence-electron chi connectivity index (χ3n) is 1.84. The summed E-state index contributed by atoms with van der Waals surface area (Å²) in [6.07, 6.45) is 1.29. The van der Waals surface area contributed by atoms with Crippen molar-refractivity contribution in [3.05, 3.63) is 17.5 Å². The number of carboxylic acids is 1. The molecule has 0 fully saturated rings. The first-order valence-electron chi connectivity index (χ1n) is 3.88. The van der Waals surface area contributed by atoms with Gasteiger partial charge < -0.3 is 5.11 Å². The molecule has 1 N–H and O–H groups in total. The van der Waals surface area contributed by atoms with Crippen molar-refractivity contribution in [3.63, 3.8) is 0 Å². The van der Waals surface area contributed by atoms with Crippen molar-refractivity contribution >= 4 is 11.8 Å². The Hall–Kier alpha value is -1.65. The minimum Gasteiger partial charge on any atom is -0.475 e. The van der Waals surface area contributed by atoms with Crippen molar-refractivity contribution in [2.24, 2.45) is 0 Å². The number of aryl methyl sites for hydroxylation is 1. The van der Waals surface area contributed by atoms with E-state index in [1.165, 1.54) is 6.20 Å². The highest BCUT2D eigenvalue weighted by atomic mass is 16.4. The van der Waals surface area contributed by atoms with Crippen LogP contribution in [0.25, 0.3) is 0 Å². The second kappa shape index (κ2) is 3.38. The number of carbonyl (C=O) groups is 2. The van der Waals surface area contributed by atoms with Crippen LogP contribution in [0.2, 0.25) is 0 Å². The van der Waals surface area contributed by atoms with E-state index in [0.717, 1.165) is 0 Å². The molecule has 0 amide bonds. The van der Waals surface area contributed by atoms with Crippen molar-refractivity contribution in [1.82, 2.24) is 9.78 Å². The summed E-state index contributed by atoms with van der Waals surface area (Å²) in [5.74, 6) is -2.35. The lowest BCUT2D eigenvalue weighted by Crippen LogP contribution is -2.13. The number of hydrogen-bond donors (Lipinski definition) is 1. The molecule has 0 aliphatic rings. The SMILES string of the molecule is CCn1ncc(C(=O)C(=O)O)c1C. The summed E-state index contributed by atoms with van der Waals surface area (Å²) in [5.41, 5.74) is 0.754. The molecule has 1 heterocycles. The maximum atomic E-state index is 11.0. The zero-order chi connectivity index (χ0) is 10.0. The number of aromatic nitrogens is 2. The number of nitrogens with zero attached hydrogens (tertiary/aromatic N) is 2. The zero-order valence-electron chi connectivity index (χ0n) is 7.44. The Bertz CT molecular complexity index is 354.